The van der Waals surface area contributed by atoms with Gasteiger partial charge in [0.15, 0.2) is 5.69 Å². The van der Waals surface area contributed by atoms with E-state index in [1.54, 1.807) is 20.8 Å². The summed E-state index contributed by atoms with van der Waals surface area (Å²) in [5.74, 6) is -0.832. The van der Waals surface area contributed by atoms with Gasteiger partial charge in [0.05, 0.1) is 5.69 Å². The highest BCUT2D eigenvalue weighted by Gasteiger charge is 2.30. The number of ether oxygens (including phenoxy) is 1. The molecule has 0 amide bonds. The number of halogens is 1. The SMILES string of the molecule is Cc1[nH]nc(C(=O)OC(C)(C)C)c1S(=O)(=O)Cl. The van der Waals surface area contributed by atoms with Crippen LogP contribution in [-0.4, -0.2) is 30.2 Å². The number of nitrogens with one attached hydrogen (secondary N) is 1. The lowest BCUT2D eigenvalue weighted by atomic mass is 10.2. The maximum absolute atomic E-state index is 11.7. The van der Waals surface area contributed by atoms with Crippen molar-refractivity contribution in [3.8, 4) is 0 Å². The van der Waals surface area contributed by atoms with Gasteiger partial charge in [-0.1, -0.05) is 0 Å². The van der Waals surface area contributed by atoms with Crippen LogP contribution >= 0.6 is 10.7 Å². The lowest BCUT2D eigenvalue weighted by Gasteiger charge is -2.18. The van der Waals surface area contributed by atoms with Crippen LogP contribution in [0.4, 0.5) is 0 Å². The zero-order valence-corrected chi connectivity index (χ0v) is 11.4. The fraction of sp³-hybridized carbons (Fsp3) is 0.556. The number of aromatic amines is 1. The molecule has 96 valence electrons. The molecule has 8 heteroatoms. The van der Waals surface area contributed by atoms with Crippen molar-refractivity contribution in [2.45, 2.75) is 38.2 Å². The number of hydrogen-bond donors (Lipinski definition) is 1. The van der Waals surface area contributed by atoms with Crippen LogP contribution in [0, 0.1) is 6.92 Å². The summed E-state index contributed by atoms with van der Waals surface area (Å²) in [7, 11) is 1.19. The summed E-state index contributed by atoms with van der Waals surface area (Å²) in [5.41, 5.74) is -0.870. The molecule has 0 aliphatic heterocycles. The first-order chi connectivity index (χ1) is 7.52. The molecule has 0 aromatic carbocycles. The van der Waals surface area contributed by atoms with E-state index in [0.717, 1.165) is 0 Å². The highest BCUT2D eigenvalue weighted by atomic mass is 35.7. The number of aryl methyl sites for hydroxylation is 1. The van der Waals surface area contributed by atoms with Crippen molar-refractivity contribution >= 4 is 25.7 Å². The van der Waals surface area contributed by atoms with Crippen LogP contribution in [0.3, 0.4) is 0 Å². The van der Waals surface area contributed by atoms with Gasteiger partial charge in [-0.15, -0.1) is 0 Å². The Morgan fingerprint density at radius 3 is 2.35 bits per heavy atom. The molecular weight excluding hydrogens is 268 g/mol. The molecule has 1 aromatic rings. The van der Waals surface area contributed by atoms with Gasteiger partial charge < -0.3 is 4.74 Å². The highest BCUT2D eigenvalue weighted by molar-refractivity contribution is 8.13. The average molecular weight is 281 g/mol. The van der Waals surface area contributed by atoms with Crippen molar-refractivity contribution < 1.29 is 17.9 Å². The molecule has 0 unspecified atom stereocenters. The Hall–Kier alpha value is -1.08. The Kier molecular flexibility index (Phi) is 3.54. The van der Waals surface area contributed by atoms with Gasteiger partial charge >= 0.3 is 5.97 Å². The first-order valence-electron chi connectivity index (χ1n) is 4.75. The van der Waals surface area contributed by atoms with Crippen LogP contribution in [0.5, 0.6) is 0 Å². The maximum Gasteiger partial charge on any atom is 0.360 e. The number of H-pyrrole nitrogens is 1. The van der Waals surface area contributed by atoms with E-state index in [9.17, 15) is 13.2 Å². The predicted octanol–water partition coefficient (Wildman–Crippen LogP) is 1.60. The highest BCUT2D eigenvalue weighted by Crippen LogP contribution is 2.23. The van der Waals surface area contributed by atoms with Crippen LogP contribution in [0.25, 0.3) is 0 Å². The summed E-state index contributed by atoms with van der Waals surface area (Å²) in [6.45, 7) is 6.45. The van der Waals surface area contributed by atoms with E-state index in [4.69, 9.17) is 15.4 Å². The Morgan fingerprint density at radius 1 is 1.41 bits per heavy atom. The third-order valence-corrected chi connectivity index (χ3v) is 3.18. The zero-order chi connectivity index (χ0) is 13.4. The number of carbonyl (C=O) groups is 1. The average Bonchev–Trinajstić information content (AvgIpc) is 2.42. The van der Waals surface area contributed by atoms with Gasteiger partial charge in [0, 0.05) is 10.7 Å². The Bertz CT molecular complexity index is 542. The van der Waals surface area contributed by atoms with Gasteiger partial charge in [-0.05, 0) is 27.7 Å². The number of aromatic nitrogens is 2. The molecule has 0 aliphatic carbocycles. The van der Waals surface area contributed by atoms with Crippen molar-refractivity contribution in [3.63, 3.8) is 0 Å². The molecule has 1 aromatic heterocycles. The van der Waals surface area contributed by atoms with Crippen LogP contribution in [0.2, 0.25) is 0 Å². The van der Waals surface area contributed by atoms with E-state index >= 15 is 0 Å². The van der Waals surface area contributed by atoms with E-state index in [0.29, 0.717) is 0 Å². The second-order valence-electron chi connectivity index (χ2n) is 4.47. The van der Waals surface area contributed by atoms with Crippen molar-refractivity contribution in [1.82, 2.24) is 10.2 Å². The molecule has 6 nitrogen and oxygen atoms in total. The van der Waals surface area contributed by atoms with Gasteiger partial charge in [0.2, 0.25) is 0 Å². The number of nitrogens with zero attached hydrogens (tertiary/aromatic N) is 1. The largest absolute Gasteiger partial charge is 0.455 e. The van der Waals surface area contributed by atoms with E-state index < -0.39 is 20.6 Å². The molecule has 1 rings (SSSR count). The van der Waals surface area contributed by atoms with Gasteiger partial charge in [0.1, 0.15) is 10.5 Å². The van der Waals surface area contributed by atoms with E-state index in [1.165, 1.54) is 6.92 Å². The van der Waals surface area contributed by atoms with Crippen LogP contribution < -0.4 is 0 Å². The Morgan fingerprint density at radius 2 is 1.94 bits per heavy atom. The molecule has 0 radical (unpaired) electrons. The molecule has 1 N–H and O–H groups in total. The smallest absolute Gasteiger partial charge is 0.360 e. The lowest BCUT2D eigenvalue weighted by Crippen LogP contribution is -2.25. The molecule has 0 bridgehead atoms. The van der Waals surface area contributed by atoms with Crippen molar-refractivity contribution in [1.29, 1.82) is 0 Å². The number of rotatable bonds is 2. The van der Waals surface area contributed by atoms with Crippen LogP contribution in [0.1, 0.15) is 37.0 Å². The monoisotopic (exact) mass is 280 g/mol. The summed E-state index contributed by atoms with van der Waals surface area (Å²) in [6.07, 6.45) is 0. The van der Waals surface area contributed by atoms with Crippen molar-refractivity contribution in [3.05, 3.63) is 11.4 Å². The summed E-state index contributed by atoms with van der Waals surface area (Å²) in [6, 6.07) is 0. The third kappa shape index (κ3) is 3.44. The van der Waals surface area contributed by atoms with Crippen molar-refractivity contribution in [2.24, 2.45) is 0 Å². The van der Waals surface area contributed by atoms with Gasteiger partial charge in [0.25, 0.3) is 9.05 Å². The fourth-order valence-electron chi connectivity index (χ4n) is 1.18. The summed E-state index contributed by atoms with van der Waals surface area (Å²) >= 11 is 0. The topological polar surface area (TPSA) is 89.1 Å². The lowest BCUT2D eigenvalue weighted by molar-refractivity contribution is 0.00584. The Balaban J connectivity index is 3.22. The quantitative estimate of drug-likeness (QED) is 0.656. The number of hydrogen-bond acceptors (Lipinski definition) is 5. The minimum absolute atomic E-state index is 0.195. The molecule has 0 aliphatic rings. The van der Waals surface area contributed by atoms with E-state index in [-0.39, 0.29) is 16.3 Å². The summed E-state index contributed by atoms with van der Waals surface area (Å²) < 4.78 is 27.6. The first kappa shape index (κ1) is 14.0. The molecule has 0 spiro atoms. The van der Waals surface area contributed by atoms with E-state index in [2.05, 4.69) is 10.2 Å². The molecular formula is C9H13ClN2O4S. The minimum Gasteiger partial charge on any atom is -0.455 e. The molecule has 0 atom stereocenters. The number of carbonyl (C=O) groups excluding carboxylic acids is 1. The summed E-state index contributed by atoms with van der Waals surface area (Å²) in [4.78, 5) is 11.4. The fourth-order valence-corrected chi connectivity index (χ4v) is 2.52. The van der Waals surface area contributed by atoms with Crippen LogP contribution in [-0.2, 0) is 13.8 Å². The maximum atomic E-state index is 11.7. The summed E-state index contributed by atoms with van der Waals surface area (Å²) in [5, 5.41) is 6.00. The predicted molar refractivity (Wildman–Crippen MR) is 61.5 cm³/mol. The molecule has 0 fully saturated rings. The first-order valence-corrected chi connectivity index (χ1v) is 7.06. The molecule has 17 heavy (non-hydrogen) atoms. The number of esters is 1. The van der Waals surface area contributed by atoms with E-state index in [1.807, 2.05) is 0 Å². The standard InChI is InChI=1S/C9H13ClN2O4S/c1-5-7(17(10,14)15)6(12-11-5)8(13)16-9(2,3)4/h1-4H3,(H,11,12). The second-order valence-corrected chi connectivity index (χ2v) is 6.97. The van der Waals surface area contributed by atoms with Gasteiger partial charge in [-0.25, -0.2) is 13.2 Å². The third-order valence-electron chi connectivity index (χ3n) is 1.73. The van der Waals surface area contributed by atoms with Crippen molar-refractivity contribution in [2.75, 3.05) is 0 Å². The molecule has 1 heterocycles. The van der Waals surface area contributed by atoms with Gasteiger partial charge in [-0.2, -0.15) is 5.10 Å². The molecule has 0 saturated carbocycles. The Labute approximate surface area is 104 Å². The minimum atomic E-state index is -4.04. The van der Waals surface area contributed by atoms with Crippen LogP contribution in [0.15, 0.2) is 4.90 Å². The second kappa shape index (κ2) is 4.30. The van der Waals surface area contributed by atoms with Gasteiger partial charge in [-0.3, -0.25) is 5.10 Å². The zero-order valence-electron chi connectivity index (χ0n) is 9.87. The normalized spacial score (nSPS) is 12.5. The molecule has 0 saturated heterocycles.